The number of benzene rings is 2. The van der Waals surface area contributed by atoms with Gasteiger partial charge < -0.3 is 9.53 Å². The normalized spacial score (nSPS) is 14.1. The zero-order chi connectivity index (χ0) is 26.3. The number of nitrogens with zero attached hydrogens (tertiary/aromatic N) is 1. The number of aromatic nitrogens is 1. The Hall–Kier alpha value is -2.43. The Morgan fingerprint density at radius 1 is 0.886 bits per heavy atom. The van der Waals surface area contributed by atoms with Crippen molar-refractivity contribution in [2.24, 2.45) is 0 Å². The molecule has 0 saturated heterocycles. The summed E-state index contributed by atoms with van der Waals surface area (Å²) in [5.74, 6) is 0. The number of aliphatic hydroxyl groups excluding tert-OH is 1. The van der Waals surface area contributed by atoms with E-state index in [1.54, 1.807) is 12.1 Å². The number of hydrogen-bond acceptors (Lipinski definition) is 3. The molecule has 2 aromatic carbocycles. The molecule has 0 aliphatic heterocycles. The van der Waals surface area contributed by atoms with Crippen molar-refractivity contribution in [3.8, 4) is 0 Å². The first-order valence-corrected chi connectivity index (χ1v) is 13.2. The molecule has 1 atom stereocenters. The van der Waals surface area contributed by atoms with Crippen LogP contribution in [0.15, 0.2) is 42.5 Å². The van der Waals surface area contributed by atoms with Crippen LogP contribution in [0.5, 0.6) is 0 Å². The van der Waals surface area contributed by atoms with Crippen molar-refractivity contribution in [3.63, 3.8) is 0 Å². The van der Waals surface area contributed by atoms with Crippen LogP contribution < -0.4 is 0 Å². The van der Waals surface area contributed by atoms with E-state index in [2.05, 4.69) is 4.98 Å². The van der Waals surface area contributed by atoms with Gasteiger partial charge in [-0.25, -0.2) is 4.98 Å². The monoisotopic (exact) mass is 514 g/mol. The van der Waals surface area contributed by atoms with Crippen LogP contribution >= 0.6 is 0 Å². The maximum absolute atomic E-state index is 13.7. The molecular formula is C25H26F6NO2Si. The lowest BCUT2D eigenvalue weighted by molar-refractivity contribution is -0.142. The van der Waals surface area contributed by atoms with E-state index >= 15 is 0 Å². The van der Waals surface area contributed by atoms with Crippen LogP contribution in [-0.2, 0) is 28.8 Å². The van der Waals surface area contributed by atoms with E-state index in [0.29, 0.717) is 17.7 Å². The third-order valence-electron chi connectivity index (χ3n) is 5.58. The molecule has 35 heavy (non-hydrogen) atoms. The van der Waals surface area contributed by atoms with Gasteiger partial charge in [-0.05, 0) is 52.9 Å². The number of pyridine rings is 1. The summed E-state index contributed by atoms with van der Waals surface area (Å²) >= 11 is 0. The first-order chi connectivity index (χ1) is 16.0. The molecule has 0 fully saturated rings. The summed E-state index contributed by atoms with van der Waals surface area (Å²) < 4.78 is 87.7. The number of aliphatic hydroxyl groups is 1. The number of alkyl halides is 6. The molecule has 0 saturated carbocycles. The van der Waals surface area contributed by atoms with Gasteiger partial charge in [-0.3, -0.25) is 0 Å². The summed E-state index contributed by atoms with van der Waals surface area (Å²) in [4.78, 5) is 3.31. The van der Waals surface area contributed by atoms with Crippen molar-refractivity contribution in [1.29, 1.82) is 0 Å². The molecule has 1 radical (unpaired) electrons. The average Bonchev–Trinajstić information content (AvgIpc) is 2.73. The molecule has 189 valence electrons. The Morgan fingerprint density at radius 3 is 2.03 bits per heavy atom. The van der Waals surface area contributed by atoms with Crippen molar-refractivity contribution in [2.75, 3.05) is 0 Å². The summed E-state index contributed by atoms with van der Waals surface area (Å²) in [7, 11) is -1.15. The average molecular weight is 515 g/mol. The van der Waals surface area contributed by atoms with E-state index in [9.17, 15) is 31.4 Å². The molecule has 1 unspecified atom stereocenters. The van der Waals surface area contributed by atoms with Crippen LogP contribution in [0.3, 0.4) is 0 Å². The zero-order valence-electron chi connectivity index (χ0n) is 19.9. The van der Waals surface area contributed by atoms with Crippen molar-refractivity contribution in [1.82, 2.24) is 4.98 Å². The van der Waals surface area contributed by atoms with Crippen LogP contribution in [0.2, 0.25) is 13.1 Å². The minimum Gasteiger partial charge on any atom is -0.413 e. The molecule has 0 aliphatic carbocycles. The second-order valence-corrected chi connectivity index (χ2v) is 11.6. The van der Waals surface area contributed by atoms with Crippen LogP contribution in [0.1, 0.15) is 60.4 Å². The maximum atomic E-state index is 13.7. The van der Waals surface area contributed by atoms with Gasteiger partial charge in [0.25, 0.3) is 0 Å². The van der Waals surface area contributed by atoms with E-state index in [0.717, 1.165) is 11.6 Å². The maximum Gasteiger partial charge on any atom is 0.433 e. The highest BCUT2D eigenvalue weighted by Gasteiger charge is 2.38. The fourth-order valence-electron chi connectivity index (χ4n) is 3.98. The minimum atomic E-state index is -5.01. The lowest BCUT2D eigenvalue weighted by Crippen LogP contribution is -2.20. The van der Waals surface area contributed by atoms with Gasteiger partial charge in [0.15, 0.2) is 0 Å². The predicted octanol–water partition coefficient (Wildman–Crippen LogP) is 7.42. The number of hydrogen-bond donors (Lipinski definition) is 1. The molecule has 0 amide bonds. The highest BCUT2D eigenvalue weighted by atomic mass is 28.3. The fourth-order valence-corrected chi connectivity index (χ4v) is 4.42. The van der Waals surface area contributed by atoms with Crippen molar-refractivity contribution >= 4 is 19.9 Å². The first kappa shape index (κ1) is 27.2. The van der Waals surface area contributed by atoms with Gasteiger partial charge in [0.1, 0.15) is 11.8 Å². The first-order valence-electron chi connectivity index (χ1n) is 10.8. The smallest absolute Gasteiger partial charge is 0.413 e. The highest BCUT2D eigenvalue weighted by Crippen LogP contribution is 2.41. The number of fused-ring (bicyclic) bond motifs is 1. The van der Waals surface area contributed by atoms with Crippen molar-refractivity contribution in [3.05, 3.63) is 76.0 Å². The lowest BCUT2D eigenvalue weighted by atomic mass is 9.80. The Bertz CT molecular complexity index is 1220. The molecule has 3 rings (SSSR count). The second kappa shape index (κ2) is 9.55. The third-order valence-corrected chi connectivity index (χ3v) is 6.30. The van der Waals surface area contributed by atoms with Gasteiger partial charge in [-0.15, -0.1) is 0 Å². The molecule has 10 heteroatoms. The van der Waals surface area contributed by atoms with E-state index in [1.165, 1.54) is 6.07 Å². The second-order valence-electron chi connectivity index (χ2n) is 9.52. The highest BCUT2D eigenvalue weighted by molar-refractivity contribution is 6.48. The molecule has 1 N–H and O–H groups in total. The molecule has 3 aromatic rings. The predicted molar refractivity (Wildman–Crippen MR) is 123 cm³/mol. The van der Waals surface area contributed by atoms with Crippen molar-refractivity contribution in [2.45, 2.75) is 64.3 Å². The van der Waals surface area contributed by atoms with Gasteiger partial charge in [0, 0.05) is 5.39 Å². The zero-order valence-corrected chi connectivity index (χ0v) is 20.9. The summed E-state index contributed by atoms with van der Waals surface area (Å²) in [6.45, 7) is 9.81. The topological polar surface area (TPSA) is 42.4 Å². The van der Waals surface area contributed by atoms with Crippen molar-refractivity contribution < 1.29 is 35.9 Å². The molecule has 1 heterocycles. The van der Waals surface area contributed by atoms with Gasteiger partial charge in [-0.2, -0.15) is 26.3 Å². The van der Waals surface area contributed by atoms with E-state index in [4.69, 9.17) is 4.43 Å². The standard InChI is InChI=1S/C25H26F6NO2Si/c1-23(2,3)18-10-7-9-15(17(18)13-34-35(4)5)22(33)16-12-20(25(29,30)31)32-21-14(16)8-6-11-19(21)24(26,27)28/h6-12,22,33H,13H2,1-5H3. The van der Waals surface area contributed by atoms with Gasteiger partial charge >= 0.3 is 12.4 Å². The van der Waals surface area contributed by atoms with Crippen LogP contribution in [0.4, 0.5) is 26.3 Å². The van der Waals surface area contributed by atoms with E-state index in [-0.39, 0.29) is 28.5 Å². The summed E-state index contributed by atoms with van der Waals surface area (Å²) in [6.07, 6.45) is -11.6. The summed E-state index contributed by atoms with van der Waals surface area (Å²) in [5, 5.41) is 11.2. The van der Waals surface area contributed by atoms with E-state index in [1.807, 2.05) is 39.9 Å². The Balaban J connectivity index is 2.34. The number of para-hydroxylation sites is 1. The summed E-state index contributed by atoms with van der Waals surface area (Å²) in [5.41, 5.74) is -2.66. The van der Waals surface area contributed by atoms with Crippen LogP contribution in [0.25, 0.3) is 10.9 Å². The number of rotatable bonds is 5. The number of halogens is 6. The lowest BCUT2D eigenvalue weighted by Gasteiger charge is -2.28. The van der Waals surface area contributed by atoms with Crippen LogP contribution in [0, 0.1) is 0 Å². The minimum absolute atomic E-state index is 0.115. The molecule has 0 spiro atoms. The molecule has 1 aromatic heterocycles. The molecule has 3 nitrogen and oxygen atoms in total. The van der Waals surface area contributed by atoms with Crippen LogP contribution in [-0.4, -0.2) is 19.1 Å². The fraction of sp³-hybridized carbons (Fsp3) is 0.400. The summed E-state index contributed by atoms with van der Waals surface area (Å²) in [6, 6.07) is 8.70. The molecular weight excluding hydrogens is 488 g/mol. The SMILES string of the molecule is C[Si](C)OCc1c(C(O)c2cc(C(F)(F)F)nc3c(C(F)(F)F)cccc23)cccc1C(C)(C)C. The Labute approximate surface area is 201 Å². The van der Waals surface area contributed by atoms with E-state index < -0.39 is 44.3 Å². The Morgan fingerprint density at radius 2 is 1.49 bits per heavy atom. The third kappa shape index (κ3) is 5.87. The van der Waals surface area contributed by atoms with Gasteiger partial charge in [-0.1, -0.05) is 51.1 Å². The van der Waals surface area contributed by atoms with Gasteiger partial charge in [0.2, 0.25) is 9.04 Å². The largest absolute Gasteiger partial charge is 0.433 e. The molecule has 0 bridgehead atoms. The van der Waals surface area contributed by atoms with Gasteiger partial charge in [0.05, 0.1) is 17.7 Å². The quantitative estimate of drug-likeness (QED) is 0.285. The molecule has 0 aliphatic rings. The Kier molecular flexibility index (Phi) is 7.41.